The average Bonchev–Trinajstić information content (AvgIpc) is 2.69. The summed E-state index contributed by atoms with van der Waals surface area (Å²) in [5.74, 6) is 2.47. The molecule has 0 saturated carbocycles. The van der Waals surface area contributed by atoms with Crippen LogP contribution in [0, 0.1) is 0 Å². The third-order valence-electron chi connectivity index (χ3n) is 5.39. The summed E-state index contributed by atoms with van der Waals surface area (Å²) in [5, 5.41) is 10.2. The smallest absolute Gasteiger partial charge is 0.170 e. The number of aromatic hydroxyl groups is 1. The van der Waals surface area contributed by atoms with Gasteiger partial charge in [0.2, 0.25) is 0 Å². The first-order valence-corrected chi connectivity index (χ1v) is 10.1. The fourth-order valence-corrected chi connectivity index (χ4v) is 4.19. The summed E-state index contributed by atoms with van der Waals surface area (Å²) >= 11 is 0. The highest BCUT2D eigenvalue weighted by Gasteiger charge is 2.33. The Hall–Kier alpha value is -2.66. The van der Waals surface area contributed by atoms with Gasteiger partial charge in [0.05, 0.1) is 31.9 Å². The maximum absolute atomic E-state index is 10.2. The molecule has 28 heavy (non-hydrogen) atoms. The van der Waals surface area contributed by atoms with Crippen molar-refractivity contribution in [3.8, 4) is 23.0 Å². The number of ether oxygens (including phenoxy) is 3. The zero-order valence-corrected chi connectivity index (χ0v) is 16.8. The van der Waals surface area contributed by atoms with Crippen molar-refractivity contribution in [3.05, 3.63) is 46.5 Å². The normalized spacial score (nSPS) is 17.1. The van der Waals surface area contributed by atoms with Crippen LogP contribution in [0.1, 0.15) is 43.0 Å². The molecule has 5 nitrogen and oxygen atoms in total. The molecule has 0 spiro atoms. The van der Waals surface area contributed by atoms with Crippen LogP contribution in [-0.2, 0) is 13.0 Å². The second-order valence-electron chi connectivity index (χ2n) is 7.08. The summed E-state index contributed by atoms with van der Waals surface area (Å²) < 4.78 is 17.4. The standard InChI is InChI=1S/C23H27NO4/c1-4-26-21-8-7-15-11-19-17-13-22(27-5-2)20(25)12-16(17)9-10-24(19)14-18(15)23(21)28-6-3/h7-8,11-13,25H,4-6,9-10,14H2,1-3H3/p+1. The highest BCUT2D eigenvalue weighted by molar-refractivity contribution is 5.82. The van der Waals surface area contributed by atoms with Gasteiger partial charge in [0, 0.05) is 18.1 Å². The van der Waals surface area contributed by atoms with Crippen LogP contribution in [-0.4, -0.2) is 31.5 Å². The molecule has 0 aromatic heterocycles. The summed E-state index contributed by atoms with van der Waals surface area (Å²) in [6.07, 6.45) is 3.17. The number of rotatable bonds is 6. The van der Waals surface area contributed by atoms with Crippen LogP contribution in [0.2, 0.25) is 0 Å². The third kappa shape index (κ3) is 3.20. The minimum absolute atomic E-state index is 0.223. The molecule has 2 aliphatic rings. The topological polar surface area (TPSA) is 52.4 Å². The monoisotopic (exact) mass is 382 g/mol. The van der Waals surface area contributed by atoms with E-state index in [1.54, 1.807) is 0 Å². The molecule has 0 radical (unpaired) electrons. The van der Waals surface area contributed by atoms with E-state index in [-0.39, 0.29) is 5.75 Å². The second kappa shape index (κ2) is 7.76. The summed E-state index contributed by atoms with van der Waals surface area (Å²) in [4.78, 5) is 1.41. The van der Waals surface area contributed by atoms with Gasteiger partial charge in [-0.15, -0.1) is 0 Å². The molecule has 0 bridgehead atoms. The number of phenolic OH excluding ortho intramolecular Hbond substituents is 1. The second-order valence-corrected chi connectivity index (χ2v) is 7.08. The molecule has 1 atom stereocenters. The number of phenols is 1. The Morgan fingerprint density at radius 2 is 1.71 bits per heavy atom. The van der Waals surface area contributed by atoms with Gasteiger partial charge >= 0.3 is 0 Å². The van der Waals surface area contributed by atoms with Gasteiger partial charge in [-0.25, -0.2) is 0 Å². The van der Waals surface area contributed by atoms with Crippen LogP contribution in [0.15, 0.2) is 24.3 Å². The van der Waals surface area contributed by atoms with E-state index in [0.29, 0.717) is 25.6 Å². The molecular weight excluding hydrogens is 354 g/mol. The highest BCUT2D eigenvalue weighted by Crippen LogP contribution is 2.39. The maximum atomic E-state index is 10.2. The number of hydrogen-bond donors (Lipinski definition) is 2. The third-order valence-corrected chi connectivity index (χ3v) is 5.39. The van der Waals surface area contributed by atoms with E-state index in [9.17, 15) is 5.11 Å². The van der Waals surface area contributed by atoms with Crippen LogP contribution in [0.3, 0.4) is 0 Å². The zero-order chi connectivity index (χ0) is 19.7. The van der Waals surface area contributed by atoms with Gasteiger partial charge in [-0.3, -0.25) is 4.90 Å². The Balaban J connectivity index is 1.81. The molecular formula is C23H28NO4+. The first kappa shape index (κ1) is 18.7. The lowest BCUT2D eigenvalue weighted by Crippen LogP contribution is -3.09. The van der Waals surface area contributed by atoms with E-state index in [0.717, 1.165) is 31.0 Å². The minimum atomic E-state index is 0.223. The first-order valence-electron chi connectivity index (χ1n) is 10.1. The molecule has 2 aliphatic heterocycles. The van der Waals surface area contributed by atoms with Crippen molar-refractivity contribution in [3.63, 3.8) is 0 Å². The van der Waals surface area contributed by atoms with Gasteiger partial charge in [-0.1, -0.05) is 6.07 Å². The van der Waals surface area contributed by atoms with Crippen LogP contribution in [0.4, 0.5) is 0 Å². The van der Waals surface area contributed by atoms with E-state index in [2.05, 4.69) is 12.1 Å². The molecule has 2 heterocycles. The van der Waals surface area contributed by atoms with Crippen molar-refractivity contribution in [2.24, 2.45) is 0 Å². The Morgan fingerprint density at radius 3 is 2.46 bits per heavy atom. The fraction of sp³-hybridized carbons (Fsp3) is 0.391. The highest BCUT2D eigenvalue weighted by atomic mass is 16.5. The van der Waals surface area contributed by atoms with Crippen LogP contribution in [0.5, 0.6) is 23.0 Å². The number of fused-ring (bicyclic) bond motifs is 4. The summed E-state index contributed by atoms with van der Waals surface area (Å²) in [7, 11) is 0. The fourth-order valence-electron chi connectivity index (χ4n) is 4.19. The van der Waals surface area contributed by atoms with Gasteiger partial charge in [0.1, 0.15) is 12.2 Å². The van der Waals surface area contributed by atoms with Gasteiger partial charge in [0.15, 0.2) is 23.0 Å². The Morgan fingerprint density at radius 1 is 0.964 bits per heavy atom. The Bertz CT molecular complexity index is 919. The molecule has 0 saturated heterocycles. The Labute approximate surface area is 166 Å². The van der Waals surface area contributed by atoms with Gasteiger partial charge in [-0.2, -0.15) is 0 Å². The van der Waals surface area contributed by atoms with Gasteiger partial charge < -0.3 is 19.3 Å². The zero-order valence-electron chi connectivity index (χ0n) is 16.8. The van der Waals surface area contributed by atoms with Crippen molar-refractivity contribution in [1.29, 1.82) is 0 Å². The maximum Gasteiger partial charge on any atom is 0.170 e. The molecule has 0 amide bonds. The lowest BCUT2D eigenvalue weighted by Gasteiger charge is -2.32. The summed E-state index contributed by atoms with van der Waals surface area (Å²) in [6, 6.07) is 7.96. The van der Waals surface area contributed by atoms with Crippen molar-refractivity contribution in [1.82, 2.24) is 0 Å². The number of nitrogens with one attached hydrogen (secondary N) is 1. The first-order chi connectivity index (χ1) is 13.7. The van der Waals surface area contributed by atoms with Crippen LogP contribution in [0.25, 0.3) is 11.8 Å². The lowest BCUT2D eigenvalue weighted by atomic mass is 9.90. The van der Waals surface area contributed by atoms with E-state index >= 15 is 0 Å². The van der Waals surface area contributed by atoms with E-state index in [1.165, 1.54) is 32.9 Å². The van der Waals surface area contributed by atoms with E-state index in [4.69, 9.17) is 14.2 Å². The molecule has 4 rings (SSSR count). The van der Waals surface area contributed by atoms with Gasteiger partial charge in [-0.05, 0) is 50.1 Å². The van der Waals surface area contributed by atoms with Crippen molar-refractivity contribution in [2.45, 2.75) is 33.7 Å². The van der Waals surface area contributed by atoms with Crippen LogP contribution >= 0.6 is 0 Å². The Kier molecular flexibility index (Phi) is 5.18. The SMILES string of the molecule is CCOc1cc2c(cc1O)CC[NH+]1Cc3c(ccc(OCC)c3OCC)C=C21. The molecule has 5 heteroatoms. The quantitative estimate of drug-likeness (QED) is 0.806. The van der Waals surface area contributed by atoms with Crippen molar-refractivity contribution < 1.29 is 24.2 Å². The molecule has 2 N–H and O–H groups in total. The summed E-state index contributed by atoms with van der Waals surface area (Å²) in [5.41, 5.74) is 5.97. The predicted octanol–water partition coefficient (Wildman–Crippen LogP) is 3.04. The van der Waals surface area contributed by atoms with E-state index < -0.39 is 0 Å². The molecule has 1 unspecified atom stereocenters. The lowest BCUT2D eigenvalue weighted by molar-refractivity contribution is -0.841. The molecule has 0 fully saturated rings. The number of hydrogen-bond acceptors (Lipinski definition) is 4. The van der Waals surface area contributed by atoms with E-state index in [1.807, 2.05) is 39.0 Å². The minimum Gasteiger partial charge on any atom is -0.504 e. The molecule has 2 aromatic carbocycles. The van der Waals surface area contributed by atoms with Crippen LogP contribution < -0.4 is 19.1 Å². The van der Waals surface area contributed by atoms with Crippen molar-refractivity contribution >= 4 is 11.8 Å². The number of benzene rings is 2. The molecule has 0 aliphatic carbocycles. The van der Waals surface area contributed by atoms with Crippen molar-refractivity contribution in [2.75, 3.05) is 26.4 Å². The number of quaternary nitrogens is 1. The summed E-state index contributed by atoms with van der Waals surface area (Å²) in [6.45, 7) is 9.53. The van der Waals surface area contributed by atoms with Gasteiger partial charge in [0.25, 0.3) is 0 Å². The largest absolute Gasteiger partial charge is 0.504 e. The predicted molar refractivity (Wildman–Crippen MR) is 109 cm³/mol. The molecule has 2 aromatic rings. The average molecular weight is 382 g/mol. The molecule has 148 valence electrons.